The first kappa shape index (κ1) is 18.7. The van der Waals surface area contributed by atoms with E-state index in [0.29, 0.717) is 42.6 Å². The standard InChI is InChI=1S/C24H22N8O/c1-30-20(33)4-2-10-31-13-17(21(29-31)14-5-6-14)15-7-8-18-16(15)12-19(28-27-18)22-23(30)26-24-25-9-3-11-32(22)24/h3,7,9,11-14H,2,4-6,8,10H2,1H3. The number of hydrogen-bond acceptors (Lipinski definition) is 6. The summed E-state index contributed by atoms with van der Waals surface area (Å²) in [5.74, 6) is 1.60. The average Bonchev–Trinajstić information content (AvgIpc) is 3.28. The summed E-state index contributed by atoms with van der Waals surface area (Å²) in [6.45, 7) is 0.707. The number of allylic oxidation sites excluding steroid dienone is 1. The molecule has 0 saturated heterocycles. The highest BCUT2D eigenvalue weighted by molar-refractivity contribution is 5.96. The molecule has 1 amide bonds. The Balaban J connectivity index is 1.48. The lowest BCUT2D eigenvalue weighted by molar-refractivity contribution is -0.118. The van der Waals surface area contributed by atoms with E-state index in [4.69, 9.17) is 5.10 Å². The quantitative estimate of drug-likeness (QED) is 0.454. The zero-order valence-corrected chi connectivity index (χ0v) is 18.3. The summed E-state index contributed by atoms with van der Waals surface area (Å²) in [5.41, 5.74) is 7.00. The number of nitrogens with zero attached hydrogens (tertiary/aromatic N) is 8. The maximum absolute atomic E-state index is 13.1. The van der Waals surface area contributed by atoms with Crippen molar-refractivity contribution in [3.05, 3.63) is 59.3 Å². The minimum Gasteiger partial charge on any atom is -0.298 e. The van der Waals surface area contributed by atoms with E-state index in [1.165, 1.54) is 29.7 Å². The van der Waals surface area contributed by atoms with Gasteiger partial charge in [0.05, 0.1) is 11.4 Å². The summed E-state index contributed by atoms with van der Waals surface area (Å²) < 4.78 is 3.89. The normalized spacial score (nSPS) is 17.8. The van der Waals surface area contributed by atoms with Crippen LogP contribution in [0.15, 0.2) is 36.8 Å². The van der Waals surface area contributed by atoms with E-state index in [1.807, 2.05) is 21.3 Å². The first-order valence-electron chi connectivity index (χ1n) is 11.4. The molecule has 33 heavy (non-hydrogen) atoms. The summed E-state index contributed by atoms with van der Waals surface area (Å²) in [5, 5.41) is 14.1. The first-order valence-corrected chi connectivity index (χ1v) is 11.4. The van der Waals surface area contributed by atoms with Crippen molar-refractivity contribution < 1.29 is 4.79 Å². The number of hydrogen-bond donors (Lipinski definition) is 0. The van der Waals surface area contributed by atoms with Crippen molar-refractivity contribution >= 4 is 23.1 Å². The number of fused-ring (bicyclic) bond motifs is 8. The molecular weight excluding hydrogens is 416 g/mol. The van der Waals surface area contributed by atoms with Crippen LogP contribution in [0.4, 0.5) is 5.82 Å². The number of imidazole rings is 1. The van der Waals surface area contributed by atoms with Gasteiger partial charge in [0.2, 0.25) is 11.7 Å². The molecule has 0 unspecified atom stereocenters. The second-order valence-corrected chi connectivity index (χ2v) is 9.01. The number of carbonyl (C=O) groups is 1. The lowest BCUT2D eigenvalue weighted by Crippen LogP contribution is -2.27. The summed E-state index contributed by atoms with van der Waals surface area (Å²) >= 11 is 0. The minimum atomic E-state index is 0.00113. The fourth-order valence-corrected chi connectivity index (χ4v) is 4.92. The van der Waals surface area contributed by atoms with Crippen molar-refractivity contribution in [2.75, 3.05) is 11.9 Å². The van der Waals surface area contributed by atoms with Crippen LogP contribution in [0, 0.1) is 0 Å². The Morgan fingerprint density at radius 1 is 1.15 bits per heavy atom. The zero-order valence-electron chi connectivity index (χ0n) is 18.3. The average molecular weight is 438 g/mol. The third-order valence-corrected chi connectivity index (χ3v) is 6.80. The predicted molar refractivity (Wildman–Crippen MR) is 122 cm³/mol. The van der Waals surface area contributed by atoms with Crippen LogP contribution in [0.5, 0.6) is 0 Å². The Labute approximate surface area is 189 Å². The molecule has 7 rings (SSSR count). The van der Waals surface area contributed by atoms with Crippen molar-refractivity contribution in [2.45, 2.75) is 44.6 Å². The molecule has 164 valence electrons. The van der Waals surface area contributed by atoms with Crippen LogP contribution in [-0.4, -0.2) is 47.3 Å². The number of carbonyl (C=O) groups excluding carboxylic acids is 1. The topological polar surface area (TPSA) is 94.1 Å². The monoisotopic (exact) mass is 438 g/mol. The molecule has 0 radical (unpaired) electrons. The molecule has 1 aliphatic heterocycles. The molecule has 4 bridgehead atoms. The van der Waals surface area contributed by atoms with Crippen LogP contribution in [0.25, 0.3) is 22.7 Å². The summed E-state index contributed by atoms with van der Waals surface area (Å²) in [7, 11) is 1.77. The van der Waals surface area contributed by atoms with E-state index in [-0.39, 0.29) is 5.91 Å². The van der Waals surface area contributed by atoms with Gasteiger partial charge in [0.15, 0.2) is 5.82 Å². The molecule has 0 spiro atoms. The molecule has 2 aliphatic carbocycles. The molecule has 1 fully saturated rings. The van der Waals surface area contributed by atoms with Crippen molar-refractivity contribution in [1.82, 2.24) is 34.3 Å². The van der Waals surface area contributed by atoms with Gasteiger partial charge in [0.25, 0.3) is 0 Å². The Morgan fingerprint density at radius 3 is 2.94 bits per heavy atom. The number of amides is 1. The molecule has 4 aromatic heterocycles. The van der Waals surface area contributed by atoms with Gasteiger partial charge in [-0.1, -0.05) is 6.08 Å². The molecular formula is C24H22N8O. The van der Waals surface area contributed by atoms with Gasteiger partial charge in [-0.2, -0.15) is 15.2 Å². The fourth-order valence-electron chi connectivity index (χ4n) is 4.92. The molecule has 0 atom stereocenters. The number of aryl methyl sites for hydroxylation is 1. The number of aromatic nitrogens is 7. The van der Waals surface area contributed by atoms with Gasteiger partial charge < -0.3 is 0 Å². The van der Waals surface area contributed by atoms with Crippen LogP contribution in [0.1, 0.15) is 54.1 Å². The van der Waals surface area contributed by atoms with E-state index in [2.05, 4.69) is 38.5 Å². The van der Waals surface area contributed by atoms with Crippen LogP contribution in [0.3, 0.4) is 0 Å². The van der Waals surface area contributed by atoms with Crippen LogP contribution < -0.4 is 4.90 Å². The third kappa shape index (κ3) is 2.84. The minimum absolute atomic E-state index is 0.00113. The summed E-state index contributed by atoms with van der Waals surface area (Å²) in [4.78, 5) is 23.8. The van der Waals surface area contributed by atoms with Gasteiger partial charge >= 0.3 is 0 Å². The van der Waals surface area contributed by atoms with Gasteiger partial charge in [-0.25, -0.2) is 4.98 Å². The largest absolute Gasteiger partial charge is 0.298 e. The highest BCUT2D eigenvalue weighted by Crippen LogP contribution is 2.45. The molecule has 5 heterocycles. The Morgan fingerprint density at radius 2 is 2.06 bits per heavy atom. The lowest BCUT2D eigenvalue weighted by Gasteiger charge is -2.17. The van der Waals surface area contributed by atoms with Crippen molar-refractivity contribution in [3.8, 4) is 11.4 Å². The second kappa shape index (κ2) is 6.81. The van der Waals surface area contributed by atoms with E-state index >= 15 is 0 Å². The fraction of sp³-hybridized carbons (Fsp3) is 0.333. The van der Waals surface area contributed by atoms with Gasteiger partial charge in [-0.3, -0.25) is 18.8 Å². The van der Waals surface area contributed by atoms with Crippen LogP contribution in [0.2, 0.25) is 0 Å². The lowest BCUT2D eigenvalue weighted by atomic mass is 9.99. The first-order chi connectivity index (χ1) is 16.2. The van der Waals surface area contributed by atoms with Gasteiger partial charge in [-0.15, -0.1) is 5.10 Å². The van der Waals surface area contributed by atoms with Gasteiger partial charge in [0, 0.05) is 62.1 Å². The third-order valence-electron chi connectivity index (χ3n) is 6.80. The highest BCUT2D eigenvalue weighted by Gasteiger charge is 2.33. The highest BCUT2D eigenvalue weighted by atomic mass is 16.2. The molecule has 9 nitrogen and oxygen atoms in total. The predicted octanol–water partition coefficient (Wildman–Crippen LogP) is 3.00. The molecule has 1 saturated carbocycles. The Kier molecular flexibility index (Phi) is 3.85. The van der Waals surface area contributed by atoms with Crippen molar-refractivity contribution in [1.29, 1.82) is 0 Å². The van der Waals surface area contributed by atoms with Gasteiger partial charge in [-0.05, 0) is 37.0 Å². The van der Waals surface area contributed by atoms with Crippen LogP contribution >= 0.6 is 0 Å². The Hall–Kier alpha value is -3.88. The number of rotatable bonds is 1. The molecule has 4 aromatic rings. The van der Waals surface area contributed by atoms with Crippen molar-refractivity contribution in [2.24, 2.45) is 0 Å². The maximum atomic E-state index is 13.1. The van der Waals surface area contributed by atoms with Crippen LogP contribution in [-0.2, 0) is 17.8 Å². The second-order valence-electron chi connectivity index (χ2n) is 9.01. The van der Waals surface area contributed by atoms with E-state index in [1.54, 1.807) is 18.1 Å². The van der Waals surface area contributed by atoms with Crippen molar-refractivity contribution in [3.63, 3.8) is 0 Å². The molecule has 3 aliphatic rings. The zero-order chi connectivity index (χ0) is 22.1. The van der Waals surface area contributed by atoms with E-state index < -0.39 is 0 Å². The summed E-state index contributed by atoms with van der Waals surface area (Å²) in [6.07, 6.45) is 12.2. The smallest absolute Gasteiger partial charge is 0.236 e. The van der Waals surface area contributed by atoms with E-state index in [9.17, 15) is 4.79 Å². The molecule has 0 N–H and O–H groups in total. The molecule has 9 heteroatoms. The summed E-state index contributed by atoms with van der Waals surface area (Å²) in [6, 6.07) is 3.93. The SMILES string of the molecule is CN1C(=O)CCCn2cc(c(C3CC3)n2)C2=CCc3nnc(cc32)-c2c1nc1ncccn21. The number of anilines is 1. The Bertz CT molecular complexity index is 1480. The van der Waals surface area contributed by atoms with Gasteiger partial charge in [0.1, 0.15) is 11.4 Å². The molecule has 0 aromatic carbocycles. The maximum Gasteiger partial charge on any atom is 0.236 e. The van der Waals surface area contributed by atoms with E-state index in [0.717, 1.165) is 23.4 Å².